The fraction of sp³-hybridized carbons (Fsp3) is 0.182. The third-order valence-electron chi connectivity index (χ3n) is 2.22. The minimum atomic E-state index is -4.84. The second kappa shape index (κ2) is 5.81. The van der Waals surface area contributed by atoms with E-state index in [-0.39, 0.29) is 0 Å². The topological polar surface area (TPSA) is 106 Å². The van der Waals surface area contributed by atoms with E-state index in [1.807, 2.05) is 5.43 Å². The highest BCUT2D eigenvalue weighted by Crippen LogP contribution is 2.36. The summed E-state index contributed by atoms with van der Waals surface area (Å²) in [5.41, 5.74) is -0.588. The van der Waals surface area contributed by atoms with Gasteiger partial charge < -0.3 is 0 Å². The van der Waals surface area contributed by atoms with Gasteiger partial charge in [-0.25, -0.2) is 8.42 Å². The highest BCUT2D eigenvalue weighted by Gasteiger charge is 2.34. The second-order valence-corrected chi connectivity index (χ2v) is 5.79. The number of alkyl halides is 3. The van der Waals surface area contributed by atoms with Gasteiger partial charge in [0.25, 0.3) is 0 Å². The number of rotatable bonds is 3. The number of benzene rings is 1. The molecule has 1 rings (SSSR count). The Bertz CT molecular complexity index is 754. The van der Waals surface area contributed by atoms with Crippen LogP contribution in [-0.2, 0) is 16.0 Å². The smallest absolute Gasteiger partial charge is 0.276 e. The Labute approximate surface area is 118 Å². The third-order valence-corrected chi connectivity index (χ3v) is 3.33. The molecular weight excluding hydrogens is 309 g/mol. The van der Waals surface area contributed by atoms with Gasteiger partial charge in [-0.1, -0.05) is 0 Å². The predicted octanol–water partition coefficient (Wildman–Crippen LogP) is 1.92. The van der Waals surface area contributed by atoms with Crippen LogP contribution in [0.5, 0.6) is 0 Å². The summed E-state index contributed by atoms with van der Waals surface area (Å²) < 4.78 is 61.2. The molecule has 0 unspecified atom stereocenters. The molecule has 1 aromatic rings. The number of anilines is 1. The van der Waals surface area contributed by atoms with E-state index in [1.54, 1.807) is 0 Å². The summed E-state index contributed by atoms with van der Waals surface area (Å²) in [4.78, 5) is -0.509. The fourth-order valence-corrected chi connectivity index (χ4v) is 1.92. The Morgan fingerprint density at radius 2 is 1.86 bits per heavy atom. The number of nitrogens with one attached hydrogen (secondary N) is 1. The van der Waals surface area contributed by atoms with Crippen molar-refractivity contribution in [1.29, 1.82) is 10.5 Å². The van der Waals surface area contributed by atoms with Crippen molar-refractivity contribution in [2.75, 3.05) is 11.7 Å². The monoisotopic (exact) mass is 316 g/mol. The molecule has 21 heavy (non-hydrogen) atoms. The predicted molar refractivity (Wildman–Crippen MR) is 66.8 cm³/mol. The number of hydrogen-bond donors (Lipinski definition) is 1. The molecule has 0 bridgehead atoms. The van der Waals surface area contributed by atoms with Crippen molar-refractivity contribution in [3.05, 3.63) is 23.8 Å². The third kappa shape index (κ3) is 4.19. The first-order valence-corrected chi connectivity index (χ1v) is 7.04. The van der Waals surface area contributed by atoms with Gasteiger partial charge in [0.1, 0.15) is 12.1 Å². The van der Waals surface area contributed by atoms with Crippen molar-refractivity contribution in [3.63, 3.8) is 0 Å². The van der Waals surface area contributed by atoms with Crippen LogP contribution in [0.25, 0.3) is 0 Å². The van der Waals surface area contributed by atoms with Crippen LogP contribution in [-0.4, -0.2) is 20.4 Å². The molecule has 0 aliphatic heterocycles. The average molecular weight is 316 g/mol. The Kier molecular flexibility index (Phi) is 4.55. The van der Waals surface area contributed by atoms with E-state index in [0.29, 0.717) is 6.07 Å². The minimum Gasteiger partial charge on any atom is -0.276 e. The van der Waals surface area contributed by atoms with E-state index in [9.17, 15) is 21.6 Å². The normalized spacial score (nSPS) is 11.1. The Morgan fingerprint density at radius 1 is 1.29 bits per heavy atom. The summed E-state index contributed by atoms with van der Waals surface area (Å²) in [5.74, 6) is 0. The molecule has 0 atom stereocenters. The summed E-state index contributed by atoms with van der Waals surface area (Å²) >= 11 is 0. The van der Waals surface area contributed by atoms with Crippen molar-refractivity contribution < 1.29 is 21.6 Å². The standard InChI is InChI=1S/C11H7F3N4O2S/c1-21(19,20)8-2-3-10(9(4-8)11(12,13)14)18-17-7(5-15)6-16/h2-4,18H,1H3. The number of hydrogen-bond acceptors (Lipinski definition) is 6. The van der Waals surface area contributed by atoms with E-state index in [0.717, 1.165) is 18.4 Å². The highest BCUT2D eigenvalue weighted by atomic mass is 32.2. The lowest BCUT2D eigenvalue weighted by Crippen LogP contribution is -2.11. The first kappa shape index (κ1) is 16.5. The van der Waals surface area contributed by atoms with E-state index >= 15 is 0 Å². The van der Waals surface area contributed by atoms with Crippen LogP contribution in [0.1, 0.15) is 5.56 Å². The first-order valence-electron chi connectivity index (χ1n) is 5.15. The Morgan fingerprint density at radius 3 is 2.29 bits per heavy atom. The molecule has 0 aliphatic rings. The van der Waals surface area contributed by atoms with Gasteiger partial charge in [0.05, 0.1) is 16.1 Å². The summed E-state index contributed by atoms with van der Waals surface area (Å²) in [7, 11) is -3.81. The number of hydrazone groups is 1. The van der Waals surface area contributed by atoms with Crippen molar-refractivity contribution in [2.45, 2.75) is 11.1 Å². The molecule has 0 amide bonds. The molecule has 0 heterocycles. The van der Waals surface area contributed by atoms with Crippen LogP contribution >= 0.6 is 0 Å². The fourth-order valence-electron chi connectivity index (χ4n) is 1.28. The molecule has 0 aliphatic carbocycles. The van der Waals surface area contributed by atoms with Gasteiger partial charge in [0, 0.05) is 6.26 Å². The Balaban J connectivity index is 3.39. The molecule has 0 spiro atoms. The second-order valence-electron chi connectivity index (χ2n) is 3.77. The molecule has 1 aromatic carbocycles. The van der Waals surface area contributed by atoms with E-state index in [1.165, 1.54) is 12.1 Å². The first-order chi connectivity index (χ1) is 9.59. The number of nitriles is 2. The number of nitrogens with zero attached hydrogens (tertiary/aromatic N) is 3. The van der Waals surface area contributed by atoms with Crippen molar-refractivity contribution in [2.24, 2.45) is 5.10 Å². The molecule has 0 saturated carbocycles. The van der Waals surface area contributed by atoms with E-state index in [4.69, 9.17) is 10.5 Å². The molecule has 0 radical (unpaired) electrons. The maximum atomic E-state index is 12.9. The number of halogens is 3. The number of sulfone groups is 1. The molecule has 1 N–H and O–H groups in total. The quantitative estimate of drug-likeness (QED) is 0.677. The van der Waals surface area contributed by atoms with Crippen LogP contribution in [0.3, 0.4) is 0 Å². The summed E-state index contributed by atoms with van der Waals surface area (Å²) in [6.45, 7) is 0. The van der Waals surface area contributed by atoms with Crippen LogP contribution in [0.15, 0.2) is 28.2 Å². The molecule has 0 fully saturated rings. The van der Waals surface area contributed by atoms with Gasteiger partial charge in [0.15, 0.2) is 9.84 Å². The molecule has 6 nitrogen and oxygen atoms in total. The lowest BCUT2D eigenvalue weighted by molar-refractivity contribution is -0.137. The van der Waals surface area contributed by atoms with E-state index < -0.39 is 37.9 Å². The van der Waals surface area contributed by atoms with Crippen LogP contribution in [0.2, 0.25) is 0 Å². The lowest BCUT2D eigenvalue weighted by atomic mass is 10.2. The highest BCUT2D eigenvalue weighted by molar-refractivity contribution is 7.90. The molecule has 0 saturated heterocycles. The van der Waals surface area contributed by atoms with Crippen LogP contribution < -0.4 is 5.43 Å². The van der Waals surface area contributed by atoms with Gasteiger partial charge in [-0.2, -0.15) is 28.8 Å². The SMILES string of the molecule is CS(=O)(=O)c1ccc(NN=C(C#N)C#N)c(C(F)(F)F)c1. The van der Waals surface area contributed by atoms with Gasteiger partial charge in [-0.05, 0) is 18.2 Å². The van der Waals surface area contributed by atoms with Gasteiger partial charge >= 0.3 is 6.18 Å². The largest absolute Gasteiger partial charge is 0.418 e. The van der Waals surface area contributed by atoms with Crippen molar-refractivity contribution >= 4 is 21.2 Å². The van der Waals surface area contributed by atoms with Crippen LogP contribution in [0.4, 0.5) is 18.9 Å². The lowest BCUT2D eigenvalue weighted by Gasteiger charge is -2.13. The van der Waals surface area contributed by atoms with Crippen molar-refractivity contribution in [3.8, 4) is 12.1 Å². The van der Waals surface area contributed by atoms with Crippen LogP contribution in [0, 0.1) is 22.7 Å². The zero-order valence-electron chi connectivity index (χ0n) is 10.4. The average Bonchev–Trinajstić information content (AvgIpc) is 2.37. The zero-order chi connectivity index (χ0) is 16.3. The minimum absolute atomic E-state index is 0.450. The van der Waals surface area contributed by atoms with Gasteiger partial charge in [0.2, 0.25) is 5.71 Å². The van der Waals surface area contributed by atoms with Gasteiger partial charge in [-0.15, -0.1) is 0 Å². The van der Waals surface area contributed by atoms with Crippen molar-refractivity contribution in [1.82, 2.24) is 0 Å². The molecule has 110 valence electrons. The maximum absolute atomic E-state index is 12.9. The summed E-state index contributed by atoms with van der Waals surface area (Å²) in [6.07, 6.45) is -4.06. The zero-order valence-corrected chi connectivity index (χ0v) is 11.2. The maximum Gasteiger partial charge on any atom is 0.418 e. The summed E-state index contributed by atoms with van der Waals surface area (Å²) in [6, 6.07) is 5.00. The Hall–Kier alpha value is -2.59. The molecule has 0 aromatic heterocycles. The molecular formula is C11H7F3N4O2S. The van der Waals surface area contributed by atoms with E-state index in [2.05, 4.69) is 5.10 Å². The molecule has 10 heteroatoms. The summed E-state index contributed by atoms with van der Waals surface area (Å²) in [5, 5.41) is 20.1. The van der Waals surface area contributed by atoms with Gasteiger partial charge in [-0.3, -0.25) is 5.43 Å².